The number of aromatic nitrogens is 1. The Morgan fingerprint density at radius 1 is 1.00 bits per heavy atom. The van der Waals surface area contributed by atoms with E-state index in [1.54, 1.807) is 18.0 Å². The number of amides is 3. The highest BCUT2D eigenvalue weighted by Crippen LogP contribution is 2.19. The van der Waals surface area contributed by atoms with Gasteiger partial charge in [-0.15, -0.1) is 0 Å². The van der Waals surface area contributed by atoms with Gasteiger partial charge in [0.05, 0.1) is 6.04 Å². The summed E-state index contributed by atoms with van der Waals surface area (Å²) in [5.74, 6) is -2.35. The van der Waals surface area contributed by atoms with Crippen LogP contribution < -0.4 is 27.4 Å². The van der Waals surface area contributed by atoms with Crippen molar-refractivity contribution in [2.45, 2.75) is 56.3 Å². The number of carbonyl (C=O) groups is 4. The molecule has 0 aliphatic heterocycles. The van der Waals surface area contributed by atoms with Crippen molar-refractivity contribution in [3.63, 3.8) is 0 Å². The smallest absolute Gasteiger partial charge is 0.327 e. The second-order valence-electron chi connectivity index (χ2n) is 8.94. The van der Waals surface area contributed by atoms with Crippen LogP contribution in [0.15, 0.2) is 30.5 Å². The highest BCUT2D eigenvalue weighted by Gasteiger charge is 2.30. The van der Waals surface area contributed by atoms with Gasteiger partial charge in [0.15, 0.2) is 0 Å². The molecule has 0 saturated heterocycles. The summed E-state index contributed by atoms with van der Waals surface area (Å²) in [4.78, 5) is 53.8. The number of thioether (sulfide) groups is 1. The van der Waals surface area contributed by atoms with E-state index in [-0.39, 0.29) is 18.6 Å². The van der Waals surface area contributed by atoms with Gasteiger partial charge in [-0.05, 0) is 55.9 Å². The van der Waals surface area contributed by atoms with Crippen molar-refractivity contribution in [3.8, 4) is 0 Å². The van der Waals surface area contributed by atoms with Gasteiger partial charge in [0.2, 0.25) is 17.7 Å². The Kier molecular flexibility index (Phi) is 13.5. The predicted molar refractivity (Wildman–Crippen MR) is 153 cm³/mol. The summed E-state index contributed by atoms with van der Waals surface area (Å²) in [5, 5.41) is 18.1. The maximum absolute atomic E-state index is 13.5. The van der Waals surface area contributed by atoms with Crippen molar-refractivity contribution in [2.75, 3.05) is 24.3 Å². The molecule has 2 rings (SSSR count). The third-order valence-corrected chi connectivity index (χ3v) is 7.09. The van der Waals surface area contributed by atoms with Crippen LogP contribution >= 0.6 is 24.4 Å². The summed E-state index contributed by atoms with van der Waals surface area (Å²) >= 11 is 5.55. The lowest BCUT2D eigenvalue weighted by Gasteiger charge is -2.25. The molecule has 1 heterocycles. The number of aromatic amines is 1. The Morgan fingerprint density at radius 3 is 2.32 bits per heavy atom. The van der Waals surface area contributed by atoms with Gasteiger partial charge in [-0.3, -0.25) is 14.4 Å². The molecule has 4 unspecified atom stereocenters. The van der Waals surface area contributed by atoms with Crippen LogP contribution in [0, 0.1) is 0 Å². The van der Waals surface area contributed by atoms with Gasteiger partial charge in [-0.2, -0.15) is 24.4 Å². The van der Waals surface area contributed by atoms with Crippen molar-refractivity contribution in [3.05, 3.63) is 36.0 Å². The minimum Gasteiger partial charge on any atom is -0.480 e. The zero-order chi connectivity index (χ0) is 28.1. The lowest BCUT2D eigenvalue weighted by Crippen LogP contribution is -2.57. The summed E-state index contributed by atoms with van der Waals surface area (Å²) in [6.07, 6.45) is 5.69. The Balaban J connectivity index is 2.27. The molecule has 0 spiro atoms. The summed E-state index contributed by atoms with van der Waals surface area (Å²) in [6, 6.07) is 3.53. The zero-order valence-corrected chi connectivity index (χ0v) is 23.2. The second-order valence-corrected chi connectivity index (χ2v) is 10.3. The number of nitrogens with one attached hydrogen (secondary N) is 4. The summed E-state index contributed by atoms with van der Waals surface area (Å²) in [5.41, 5.74) is 13.3. The summed E-state index contributed by atoms with van der Waals surface area (Å²) < 4.78 is 0. The van der Waals surface area contributed by atoms with Gasteiger partial charge in [-0.25, -0.2) is 4.79 Å². The van der Waals surface area contributed by atoms with E-state index in [2.05, 4.69) is 33.6 Å². The largest absolute Gasteiger partial charge is 0.480 e. The monoisotopic (exact) mass is 566 g/mol. The fourth-order valence-electron chi connectivity index (χ4n) is 3.88. The lowest BCUT2D eigenvalue weighted by molar-refractivity contribution is -0.141. The molecule has 1 aromatic carbocycles. The van der Waals surface area contributed by atoms with E-state index in [9.17, 15) is 24.3 Å². The van der Waals surface area contributed by atoms with Gasteiger partial charge < -0.3 is 37.5 Å². The number of hydrogen-bond donors (Lipinski definition) is 8. The first kappa shape index (κ1) is 31.5. The second kappa shape index (κ2) is 16.3. The molecule has 2 aromatic rings. The number of unbranched alkanes of at least 4 members (excludes halogenated alkanes) is 1. The molecular weight excluding hydrogens is 528 g/mol. The number of thiol groups is 1. The summed E-state index contributed by atoms with van der Waals surface area (Å²) in [7, 11) is 0. The highest BCUT2D eigenvalue weighted by atomic mass is 32.2. The molecule has 0 fully saturated rings. The molecule has 210 valence electrons. The highest BCUT2D eigenvalue weighted by molar-refractivity contribution is 7.98. The first-order valence-electron chi connectivity index (χ1n) is 12.5. The van der Waals surface area contributed by atoms with E-state index in [0.29, 0.717) is 31.6 Å². The number of rotatable bonds is 17. The molecule has 9 N–H and O–H groups in total. The van der Waals surface area contributed by atoms with E-state index in [4.69, 9.17) is 11.5 Å². The van der Waals surface area contributed by atoms with Gasteiger partial charge in [0.1, 0.15) is 18.1 Å². The van der Waals surface area contributed by atoms with Crippen molar-refractivity contribution >= 4 is 59.0 Å². The van der Waals surface area contributed by atoms with Gasteiger partial charge >= 0.3 is 5.97 Å². The third kappa shape index (κ3) is 9.53. The van der Waals surface area contributed by atoms with Gasteiger partial charge in [0, 0.05) is 29.3 Å². The molecule has 4 atom stereocenters. The molecule has 13 heteroatoms. The van der Waals surface area contributed by atoms with Crippen LogP contribution in [-0.4, -0.2) is 82.3 Å². The molecule has 0 bridgehead atoms. The Bertz CT molecular complexity index is 1080. The molecular formula is C25H38N6O5S2. The number of benzene rings is 1. The number of fused-ring (bicyclic) bond motifs is 1. The number of nitrogens with two attached hydrogens (primary N) is 2. The van der Waals surface area contributed by atoms with E-state index in [1.165, 1.54) is 0 Å². The average Bonchev–Trinajstić information content (AvgIpc) is 3.31. The number of carboxylic acids is 1. The number of carbonyl (C=O) groups excluding carboxylic acids is 3. The van der Waals surface area contributed by atoms with Crippen molar-refractivity contribution in [1.82, 2.24) is 20.9 Å². The van der Waals surface area contributed by atoms with E-state index >= 15 is 0 Å². The molecule has 1 aromatic heterocycles. The number of para-hydroxylation sites is 1. The first-order valence-corrected chi connectivity index (χ1v) is 14.5. The Hall–Kier alpha value is -2.74. The SMILES string of the molecule is CSCCC(N)C(=O)NC(Cc1c[nH]c2ccccc12)C(=O)NC(CCCCN)C(=O)NC(CS)C(=O)O. The minimum atomic E-state index is -1.23. The maximum Gasteiger partial charge on any atom is 0.327 e. The first-order chi connectivity index (χ1) is 18.2. The normalized spacial score (nSPS) is 14.3. The number of H-pyrrole nitrogens is 1. The lowest BCUT2D eigenvalue weighted by atomic mass is 10.0. The van der Waals surface area contributed by atoms with Crippen LogP contribution in [0.25, 0.3) is 10.9 Å². The number of aliphatic carboxylic acids is 1. The maximum atomic E-state index is 13.5. The average molecular weight is 567 g/mol. The molecule has 0 aliphatic rings. The van der Waals surface area contributed by atoms with E-state index in [0.717, 1.165) is 16.5 Å². The standard InChI is InChI=1S/C25H38N6O5S2/c1-38-11-9-17(27)22(32)30-20(12-15-13-28-18-7-3-2-6-16(15)18)24(34)29-19(8-4-5-10-26)23(33)31-21(14-37)25(35)36/h2-3,6-7,13,17,19-21,28,37H,4-5,8-12,14,26-27H2,1H3,(H,29,34)(H,30,32)(H,31,33)(H,35,36). The van der Waals surface area contributed by atoms with E-state index < -0.39 is 47.9 Å². The van der Waals surface area contributed by atoms with Crippen LogP contribution in [0.5, 0.6) is 0 Å². The Labute approximate surface area is 232 Å². The quantitative estimate of drug-likeness (QED) is 0.0995. The molecule has 0 saturated carbocycles. The molecule has 0 aliphatic carbocycles. The fraction of sp³-hybridized carbons (Fsp3) is 0.520. The van der Waals surface area contributed by atoms with Gasteiger partial charge in [0.25, 0.3) is 0 Å². The molecule has 38 heavy (non-hydrogen) atoms. The molecule has 11 nitrogen and oxygen atoms in total. The van der Waals surface area contributed by atoms with Crippen LogP contribution in [-0.2, 0) is 25.6 Å². The van der Waals surface area contributed by atoms with Crippen LogP contribution in [0.2, 0.25) is 0 Å². The topological polar surface area (TPSA) is 192 Å². The number of hydrogen-bond acceptors (Lipinski definition) is 8. The van der Waals surface area contributed by atoms with Gasteiger partial charge in [-0.1, -0.05) is 18.2 Å². The Morgan fingerprint density at radius 2 is 1.66 bits per heavy atom. The van der Waals surface area contributed by atoms with Crippen LogP contribution in [0.3, 0.4) is 0 Å². The summed E-state index contributed by atoms with van der Waals surface area (Å²) in [6.45, 7) is 0.407. The van der Waals surface area contributed by atoms with Crippen molar-refractivity contribution in [2.24, 2.45) is 11.5 Å². The van der Waals surface area contributed by atoms with E-state index in [1.807, 2.05) is 30.5 Å². The zero-order valence-electron chi connectivity index (χ0n) is 21.4. The molecule has 3 amide bonds. The molecule has 0 radical (unpaired) electrons. The van der Waals surface area contributed by atoms with Crippen molar-refractivity contribution in [1.29, 1.82) is 0 Å². The fourth-order valence-corrected chi connectivity index (χ4v) is 4.61. The number of carboxylic acid groups (broad SMARTS) is 1. The predicted octanol–water partition coefficient (Wildman–Crippen LogP) is 0.389. The van der Waals surface area contributed by atoms with Crippen molar-refractivity contribution < 1.29 is 24.3 Å². The van der Waals surface area contributed by atoms with Crippen LogP contribution in [0.1, 0.15) is 31.2 Å². The van der Waals surface area contributed by atoms with Crippen LogP contribution in [0.4, 0.5) is 0 Å². The third-order valence-electron chi connectivity index (χ3n) is 6.08. The minimum absolute atomic E-state index is 0.113.